The first-order chi connectivity index (χ1) is 10.9. The van der Waals surface area contributed by atoms with Gasteiger partial charge in [0, 0.05) is 13.1 Å². The number of anilines is 2. The Morgan fingerprint density at radius 1 is 0.591 bits per heavy atom. The first-order valence-electron chi connectivity index (χ1n) is 9.45. The number of nitrogens with one attached hydrogen (secondary N) is 2. The van der Waals surface area contributed by atoms with Crippen LogP contribution in [0.25, 0.3) is 0 Å². The van der Waals surface area contributed by atoms with E-state index in [0.717, 1.165) is 13.1 Å². The molecule has 0 radical (unpaired) electrons. The number of para-hydroxylation sites is 2. The molecular weight excluding hydrogens is 268 g/mol. The molecule has 2 heteroatoms. The van der Waals surface area contributed by atoms with E-state index in [1.165, 1.54) is 75.6 Å². The van der Waals surface area contributed by atoms with Gasteiger partial charge in [-0.1, -0.05) is 77.3 Å². The first-order valence-corrected chi connectivity index (χ1v) is 9.45. The van der Waals surface area contributed by atoms with E-state index in [1.807, 2.05) is 0 Å². The van der Waals surface area contributed by atoms with Crippen LogP contribution in [-0.4, -0.2) is 13.1 Å². The molecule has 0 heterocycles. The fourth-order valence-corrected chi connectivity index (χ4v) is 2.69. The van der Waals surface area contributed by atoms with Crippen LogP contribution >= 0.6 is 0 Å². The maximum absolute atomic E-state index is 3.59. The second-order valence-electron chi connectivity index (χ2n) is 6.23. The number of benzene rings is 1. The Hall–Kier alpha value is -1.18. The van der Waals surface area contributed by atoms with Gasteiger partial charge in [-0.15, -0.1) is 0 Å². The molecule has 0 aliphatic rings. The Morgan fingerprint density at radius 3 is 1.41 bits per heavy atom. The lowest BCUT2D eigenvalue weighted by Gasteiger charge is -2.14. The van der Waals surface area contributed by atoms with Gasteiger partial charge in [-0.25, -0.2) is 0 Å². The van der Waals surface area contributed by atoms with Gasteiger partial charge in [-0.05, 0) is 25.0 Å². The molecule has 0 spiro atoms. The quantitative estimate of drug-likeness (QED) is 0.386. The van der Waals surface area contributed by atoms with E-state index in [2.05, 4.69) is 48.7 Å². The van der Waals surface area contributed by atoms with Crippen molar-refractivity contribution in [1.82, 2.24) is 0 Å². The molecule has 0 aromatic heterocycles. The van der Waals surface area contributed by atoms with Crippen molar-refractivity contribution in [2.75, 3.05) is 23.7 Å². The van der Waals surface area contributed by atoms with E-state index in [-0.39, 0.29) is 0 Å². The van der Waals surface area contributed by atoms with E-state index in [4.69, 9.17) is 0 Å². The van der Waals surface area contributed by atoms with E-state index in [1.54, 1.807) is 0 Å². The molecule has 2 N–H and O–H groups in total. The molecule has 0 saturated carbocycles. The van der Waals surface area contributed by atoms with Crippen LogP contribution in [0.1, 0.15) is 78.1 Å². The standard InChI is InChI=1S/C20H36N2/c1-3-5-7-9-13-17-21-19-15-11-12-16-20(19)22-18-14-10-8-6-4-2/h11-12,15-16,21-22H,3-10,13-14,17-18H2,1-2H3. The van der Waals surface area contributed by atoms with Crippen LogP contribution in [0.4, 0.5) is 11.4 Å². The molecule has 0 aliphatic carbocycles. The van der Waals surface area contributed by atoms with E-state index in [0.29, 0.717) is 0 Å². The SMILES string of the molecule is CCCCCCCNc1ccccc1NCCCCCCC. The third-order valence-electron chi connectivity index (χ3n) is 4.12. The summed E-state index contributed by atoms with van der Waals surface area (Å²) in [6, 6.07) is 8.61. The van der Waals surface area contributed by atoms with Gasteiger partial charge >= 0.3 is 0 Å². The lowest BCUT2D eigenvalue weighted by Crippen LogP contribution is -2.07. The van der Waals surface area contributed by atoms with Gasteiger partial charge in [-0.2, -0.15) is 0 Å². The zero-order valence-electron chi connectivity index (χ0n) is 14.8. The molecule has 2 nitrogen and oxygen atoms in total. The molecule has 0 atom stereocenters. The van der Waals surface area contributed by atoms with Crippen molar-refractivity contribution in [3.63, 3.8) is 0 Å². The second kappa shape index (κ2) is 13.5. The summed E-state index contributed by atoms with van der Waals surface area (Å²) in [5.41, 5.74) is 2.51. The summed E-state index contributed by atoms with van der Waals surface area (Å²) in [4.78, 5) is 0. The van der Waals surface area contributed by atoms with Crippen molar-refractivity contribution in [3.8, 4) is 0 Å². The Bertz CT molecular complexity index is 327. The molecule has 0 amide bonds. The molecule has 0 bridgehead atoms. The monoisotopic (exact) mass is 304 g/mol. The molecule has 1 rings (SSSR count). The maximum atomic E-state index is 3.59. The van der Waals surface area contributed by atoms with Gasteiger partial charge in [0.25, 0.3) is 0 Å². The van der Waals surface area contributed by atoms with E-state index >= 15 is 0 Å². The van der Waals surface area contributed by atoms with Crippen LogP contribution in [0.3, 0.4) is 0 Å². The fourth-order valence-electron chi connectivity index (χ4n) is 2.69. The van der Waals surface area contributed by atoms with Crippen molar-refractivity contribution < 1.29 is 0 Å². The predicted molar refractivity (Wildman–Crippen MR) is 101 cm³/mol. The van der Waals surface area contributed by atoms with Crippen LogP contribution in [0.5, 0.6) is 0 Å². The van der Waals surface area contributed by atoms with Crippen LogP contribution in [0.15, 0.2) is 24.3 Å². The van der Waals surface area contributed by atoms with Crippen molar-refractivity contribution in [3.05, 3.63) is 24.3 Å². The minimum atomic E-state index is 1.08. The van der Waals surface area contributed by atoms with Gasteiger partial charge in [0.2, 0.25) is 0 Å². The Balaban J connectivity index is 2.20. The molecule has 0 fully saturated rings. The first kappa shape index (κ1) is 18.9. The largest absolute Gasteiger partial charge is 0.383 e. The van der Waals surface area contributed by atoms with Crippen molar-refractivity contribution in [2.45, 2.75) is 78.1 Å². The third-order valence-corrected chi connectivity index (χ3v) is 4.12. The average Bonchev–Trinajstić information content (AvgIpc) is 2.55. The topological polar surface area (TPSA) is 24.1 Å². The highest BCUT2D eigenvalue weighted by Gasteiger charge is 2.00. The summed E-state index contributed by atoms with van der Waals surface area (Å²) in [6.45, 7) is 6.70. The second-order valence-corrected chi connectivity index (χ2v) is 6.23. The van der Waals surface area contributed by atoms with Crippen LogP contribution in [0, 0.1) is 0 Å². The number of hydrogen-bond acceptors (Lipinski definition) is 2. The molecule has 126 valence electrons. The lowest BCUT2D eigenvalue weighted by molar-refractivity contribution is 0.644. The average molecular weight is 305 g/mol. The Kier molecular flexibility index (Phi) is 11.6. The number of rotatable bonds is 14. The van der Waals surface area contributed by atoms with Crippen LogP contribution in [0.2, 0.25) is 0 Å². The van der Waals surface area contributed by atoms with Crippen LogP contribution in [-0.2, 0) is 0 Å². The summed E-state index contributed by atoms with van der Waals surface area (Å²) in [5, 5.41) is 7.18. The zero-order valence-corrected chi connectivity index (χ0v) is 14.8. The molecular formula is C20H36N2. The van der Waals surface area contributed by atoms with Crippen molar-refractivity contribution in [2.24, 2.45) is 0 Å². The minimum absolute atomic E-state index is 1.08. The van der Waals surface area contributed by atoms with E-state index in [9.17, 15) is 0 Å². The summed E-state index contributed by atoms with van der Waals surface area (Å²) < 4.78 is 0. The highest BCUT2D eigenvalue weighted by molar-refractivity contribution is 5.68. The molecule has 22 heavy (non-hydrogen) atoms. The van der Waals surface area contributed by atoms with Gasteiger partial charge in [0.1, 0.15) is 0 Å². The van der Waals surface area contributed by atoms with Crippen molar-refractivity contribution in [1.29, 1.82) is 0 Å². The van der Waals surface area contributed by atoms with Gasteiger partial charge in [0.15, 0.2) is 0 Å². The maximum Gasteiger partial charge on any atom is 0.0575 e. The molecule has 1 aromatic rings. The summed E-state index contributed by atoms with van der Waals surface area (Å²) in [7, 11) is 0. The van der Waals surface area contributed by atoms with Gasteiger partial charge in [0.05, 0.1) is 11.4 Å². The third kappa shape index (κ3) is 8.96. The fraction of sp³-hybridized carbons (Fsp3) is 0.700. The minimum Gasteiger partial charge on any atom is -0.383 e. The zero-order chi connectivity index (χ0) is 15.9. The van der Waals surface area contributed by atoms with Crippen molar-refractivity contribution >= 4 is 11.4 Å². The highest BCUT2D eigenvalue weighted by Crippen LogP contribution is 2.21. The van der Waals surface area contributed by atoms with Crippen LogP contribution < -0.4 is 10.6 Å². The predicted octanol–water partition coefficient (Wildman–Crippen LogP) is 6.45. The molecule has 0 unspecified atom stereocenters. The van der Waals surface area contributed by atoms with Gasteiger partial charge < -0.3 is 10.6 Å². The molecule has 0 saturated heterocycles. The smallest absolute Gasteiger partial charge is 0.0575 e. The summed E-state index contributed by atoms with van der Waals surface area (Å²) in [5.74, 6) is 0. The number of unbranched alkanes of at least 4 members (excludes halogenated alkanes) is 8. The Labute approximate surface area is 138 Å². The normalized spacial score (nSPS) is 10.6. The lowest BCUT2D eigenvalue weighted by atomic mass is 10.1. The van der Waals surface area contributed by atoms with E-state index < -0.39 is 0 Å². The number of hydrogen-bond donors (Lipinski definition) is 2. The van der Waals surface area contributed by atoms with Gasteiger partial charge in [-0.3, -0.25) is 0 Å². The highest BCUT2D eigenvalue weighted by atomic mass is 14.9. The molecule has 1 aromatic carbocycles. The summed E-state index contributed by atoms with van der Waals surface area (Å²) in [6.07, 6.45) is 13.3. The summed E-state index contributed by atoms with van der Waals surface area (Å²) >= 11 is 0. The molecule has 0 aliphatic heterocycles. The Morgan fingerprint density at radius 2 is 1.00 bits per heavy atom.